The molecule has 0 aromatic carbocycles. The molecule has 0 bridgehead atoms. The highest BCUT2D eigenvalue weighted by Gasteiger charge is 2.34. The van der Waals surface area contributed by atoms with Crippen LogP contribution in [-0.2, 0) is 0 Å². The maximum absolute atomic E-state index is 11.9. The molecule has 0 aliphatic carbocycles. The van der Waals surface area contributed by atoms with Gasteiger partial charge in [0.1, 0.15) is 0 Å². The summed E-state index contributed by atoms with van der Waals surface area (Å²) in [5.41, 5.74) is -0.380. The van der Waals surface area contributed by atoms with Crippen LogP contribution < -0.4 is 4.74 Å². The number of pyridine rings is 1. The van der Waals surface area contributed by atoms with Crippen LogP contribution in [0.1, 0.15) is 16.1 Å². The quantitative estimate of drug-likeness (QED) is 0.773. The van der Waals surface area contributed by atoms with Crippen LogP contribution in [0.4, 0.5) is 13.2 Å². The van der Waals surface area contributed by atoms with Crippen LogP contribution in [0.2, 0.25) is 0 Å². The number of aromatic hydroxyl groups is 1. The zero-order valence-corrected chi connectivity index (χ0v) is 7.50. The molecule has 1 rings (SSSR count). The van der Waals surface area contributed by atoms with Crippen LogP contribution in [0.25, 0.3) is 0 Å². The molecule has 0 saturated heterocycles. The van der Waals surface area contributed by atoms with E-state index in [0.717, 1.165) is 6.20 Å². The number of halogens is 3. The molecule has 1 aromatic rings. The number of hydrogen-bond donors (Lipinski definition) is 1. The topological polar surface area (TPSA) is 59.4 Å². The number of ether oxygens (including phenoxy) is 1. The van der Waals surface area contributed by atoms with Crippen molar-refractivity contribution in [2.24, 2.45) is 0 Å². The van der Waals surface area contributed by atoms with E-state index in [-0.39, 0.29) is 12.0 Å². The number of carbonyl (C=O) groups is 1. The van der Waals surface area contributed by atoms with Gasteiger partial charge in [-0.3, -0.25) is 9.78 Å². The molecule has 1 aromatic heterocycles. The molecule has 0 saturated carbocycles. The SMILES string of the molecule is Cc1ncc(O)c(OC(F)(F)F)c1C=O. The maximum atomic E-state index is 11.9. The fraction of sp³-hybridized carbons (Fsp3) is 0.250. The minimum absolute atomic E-state index is 0.0436. The molecule has 15 heavy (non-hydrogen) atoms. The van der Waals surface area contributed by atoms with Gasteiger partial charge < -0.3 is 9.84 Å². The van der Waals surface area contributed by atoms with Crippen molar-refractivity contribution in [2.75, 3.05) is 0 Å². The fourth-order valence-electron chi connectivity index (χ4n) is 0.950. The molecular formula is C8H6F3NO3. The van der Waals surface area contributed by atoms with Gasteiger partial charge in [-0.1, -0.05) is 0 Å². The monoisotopic (exact) mass is 221 g/mol. The largest absolute Gasteiger partial charge is 0.573 e. The average Bonchev–Trinajstić information content (AvgIpc) is 2.10. The lowest BCUT2D eigenvalue weighted by Gasteiger charge is -2.12. The zero-order valence-electron chi connectivity index (χ0n) is 7.50. The summed E-state index contributed by atoms with van der Waals surface area (Å²) in [6.45, 7) is 1.33. The molecule has 7 heteroatoms. The summed E-state index contributed by atoms with van der Waals surface area (Å²) in [6.07, 6.45) is -4.05. The lowest BCUT2D eigenvalue weighted by molar-refractivity contribution is -0.275. The van der Waals surface area contributed by atoms with Crippen LogP contribution in [-0.4, -0.2) is 22.7 Å². The van der Waals surface area contributed by atoms with Crippen molar-refractivity contribution in [3.8, 4) is 11.5 Å². The second-order valence-corrected chi connectivity index (χ2v) is 2.64. The summed E-state index contributed by atoms with van der Waals surface area (Å²) in [6, 6.07) is 0. The van der Waals surface area contributed by atoms with Crippen molar-refractivity contribution in [2.45, 2.75) is 13.3 Å². The number of hydrogen-bond acceptors (Lipinski definition) is 4. The van der Waals surface area contributed by atoms with E-state index in [0.29, 0.717) is 0 Å². The number of aromatic nitrogens is 1. The summed E-state index contributed by atoms with van der Waals surface area (Å²) in [5.74, 6) is -1.76. The van der Waals surface area contributed by atoms with E-state index in [9.17, 15) is 18.0 Å². The lowest BCUT2D eigenvalue weighted by atomic mass is 10.2. The molecule has 0 amide bonds. The van der Waals surface area contributed by atoms with Crippen LogP contribution in [0, 0.1) is 6.92 Å². The third-order valence-electron chi connectivity index (χ3n) is 1.58. The van der Waals surface area contributed by atoms with Crippen LogP contribution >= 0.6 is 0 Å². The van der Waals surface area contributed by atoms with Gasteiger partial charge in [0.15, 0.2) is 17.8 Å². The summed E-state index contributed by atoms with van der Waals surface area (Å²) in [4.78, 5) is 14.0. The van der Waals surface area contributed by atoms with Crippen molar-refractivity contribution in [1.82, 2.24) is 4.98 Å². The molecular weight excluding hydrogens is 215 g/mol. The minimum atomic E-state index is -4.97. The molecule has 0 spiro atoms. The first kappa shape index (κ1) is 11.3. The number of aldehydes is 1. The number of nitrogens with zero attached hydrogens (tertiary/aromatic N) is 1. The average molecular weight is 221 g/mol. The third kappa shape index (κ3) is 2.58. The second kappa shape index (κ2) is 3.76. The Hall–Kier alpha value is -1.79. The highest BCUT2D eigenvalue weighted by Crippen LogP contribution is 2.34. The van der Waals surface area contributed by atoms with Gasteiger partial charge in [-0.05, 0) is 6.92 Å². The minimum Gasteiger partial charge on any atom is -0.503 e. The molecule has 0 unspecified atom stereocenters. The Balaban J connectivity index is 3.25. The smallest absolute Gasteiger partial charge is 0.503 e. The number of rotatable bonds is 2. The van der Waals surface area contributed by atoms with Gasteiger partial charge in [0, 0.05) is 0 Å². The van der Waals surface area contributed by atoms with Gasteiger partial charge in [0.25, 0.3) is 0 Å². The first-order valence-electron chi connectivity index (χ1n) is 3.74. The first-order valence-corrected chi connectivity index (χ1v) is 3.74. The molecule has 0 radical (unpaired) electrons. The Kier molecular flexibility index (Phi) is 2.83. The summed E-state index contributed by atoms with van der Waals surface area (Å²) < 4.78 is 39.2. The van der Waals surface area contributed by atoms with Gasteiger partial charge in [0.05, 0.1) is 17.5 Å². The molecule has 1 heterocycles. The maximum Gasteiger partial charge on any atom is 0.573 e. The van der Waals surface area contributed by atoms with Gasteiger partial charge >= 0.3 is 6.36 Å². The van der Waals surface area contributed by atoms with Crippen LogP contribution in [0.15, 0.2) is 6.20 Å². The zero-order chi connectivity index (χ0) is 11.6. The number of carbonyl (C=O) groups excluding carboxylic acids is 1. The van der Waals surface area contributed by atoms with E-state index >= 15 is 0 Å². The van der Waals surface area contributed by atoms with E-state index in [1.54, 1.807) is 0 Å². The molecule has 0 aliphatic rings. The predicted molar refractivity (Wildman–Crippen MR) is 42.7 cm³/mol. The van der Waals surface area contributed by atoms with Gasteiger partial charge in [-0.15, -0.1) is 13.2 Å². The van der Waals surface area contributed by atoms with Crippen molar-refractivity contribution in [1.29, 1.82) is 0 Å². The van der Waals surface area contributed by atoms with Gasteiger partial charge in [-0.25, -0.2) is 0 Å². The molecule has 0 fully saturated rings. The van der Waals surface area contributed by atoms with Crippen molar-refractivity contribution in [3.63, 3.8) is 0 Å². The Morgan fingerprint density at radius 1 is 1.53 bits per heavy atom. The Bertz CT molecular complexity index is 389. The van der Waals surface area contributed by atoms with E-state index in [1.807, 2.05) is 0 Å². The molecule has 1 N–H and O–H groups in total. The summed E-state index contributed by atoms with van der Waals surface area (Å²) in [7, 11) is 0. The normalized spacial score (nSPS) is 11.2. The number of aryl methyl sites for hydroxylation is 1. The summed E-state index contributed by atoms with van der Waals surface area (Å²) >= 11 is 0. The van der Waals surface area contributed by atoms with Gasteiger partial charge in [-0.2, -0.15) is 0 Å². The first-order chi connectivity index (χ1) is 6.85. The molecule has 0 atom stereocenters. The Morgan fingerprint density at radius 2 is 2.13 bits per heavy atom. The van der Waals surface area contributed by atoms with Crippen molar-refractivity contribution >= 4 is 6.29 Å². The lowest BCUT2D eigenvalue weighted by Crippen LogP contribution is -2.18. The second-order valence-electron chi connectivity index (χ2n) is 2.64. The summed E-state index contributed by atoms with van der Waals surface area (Å²) in [5, 5.41) is 9.06. The van der Waals surface area contributed by atoms with Crippen LogP contribution in [0.5, 0.6) is 11.5 Å². The predicted octanol–water partition coefficient (Wildman–Crippen LogP) is 1.81. The standard InChI is InChI=1S/C8H6F3NO3/c1-4-5(3-13)7(6(14)2-12-4)15-8(9,10)11/h2-3,14H,1H3. The van der Waals surface area contributed by atoms with E-state index in [4.69, 9.17) is 5.11 Å². The fourth-order valence-corrected chi connectivity index (χ4v) is 0.950. The third-order valence-corrected chi connectivity index (χ3v) is 1.58. The van der Waals surface area contributed by atoms with Crippen LogP contribution in [0.3, 0.4) is 0 Å². The van der Waals surface area contributed by atoms with Crippen molar-refractivity contribution in [3.05, 3.63) is 17.5 Å². The molecule has 0 aliphatic heterocycles. The van der Waals surface area contributed by atoms with Gasteiger partial charge in [0.2, 0.25) is 0 Å². The highest BCUT2D eigenvalue weighted by molar-refractivity contribution is 5.82. The van der Waals surface area contributed by atoms with E-state index in [2.05, 4.69) is 9.72 Å². The van der Waals surface area contributed by atoms with Crippen molar-refractivity contribution < 1.29 is 27.8 Å². The Labute approximate surface area is 82.3 Å². The molecule has 82 valence electrons. The highest BCUT2D eigenvalue weighted by atomic mass is 19.4. The van der Waals surface area contributed by atoms with E-state index < -0.39 is 23.4 Å². The van der Waals surface area contributed by atoms with E-state index in [1.165, 1.54) is 6.92 Å². The Morgan fingerprint density at radius 3 is 2.60 bits per heavy atom. The number of alkyl halides is 3. The molecule has 4 nitrogen and oxygen atoms in total.